The molecule has 0 fully saturated rings. The largest absolute Gasteiger partial charge is 0.466 e. The Kier molecular flexibility index (Phi) is 23.8. The minimum absolute atomic E-state index is 0.115. The molecule has 0 radical (unpaired) electrons. The van der Waals surface area contributed by atoms with Crippen LogP contribution in [0.2, 0.25) is 0 Å². The van der Waals surface area contributed by atoms with Gasteiger partial charge in [0.05, 0.1) is 26.1 Å². The Balaban J connectivity index is 3.40. The molecule has 4 nitrogen and oxygen atoms in total. The fourth-order valence-corrected chi connectivity index (χ4v) is 4.01. The highest BCUT2D eigenvalue weighted by atomic mass is 16.5. The highest BCUT2D eigenvalue weighted by molar-refractivity contribution is 5.77. The Bertz CT molecular complexity index is 508. The van der Waals surface area contributed by atoms with Gasteiger partial charge in [-0.15, -0.1) is 0 Å². The standard InChI is InChI=1S/C30H56O4/c1-5-6-7-8-9-10-11-12-13-14-15-16-17-18-25-33-29(31)22-23-30(32)34-26-24-28(4)21-19-20-27(2)3/h20,28H,5-19,21-26H2,1-4H3. The van der Waals surface area contributed by atoms with Crippen LogP contribution in [0, 0.1) is 5.92 Å². The molecule has 0 aromatic carbocycles. The van der Waals surface area contributed by atoms with Crippen LogP contribution in [-0.4, -0.2) is 25.2 Å². The van der Waals surface area contributed by atoms with E-state index in [0.29, 0.717) is 19.1 Å². The number of hydrogen-bond acceptors (Lipinski definition) is 4. The molecule has 0 heterocycles. The second-order valence-electron chi connectivity index (χ2n) is 10.3. The Morgan fingerprint density at radius 3 is 1.56 bits per heavy atom. The Morgan fingerprint density at radius 1 is 0.647 bits per heavy atom. The van der Waals surface area contributed by atoms with E-state index in [2.05, 4.69) is 33.8 Å². The van der Waals surface area contributed by atoms with Gasteiger partial charge < -0.3 is 9.47 Å². The summed E-state index contributed by atoms with van der Waals surface area (Å²) in [7, 11) is 0. The van der Waals surface area contributed by atoms with Gasteiger partial charge in [0.15, 0.2) is 0 Å². The van der Waals surface area contributed by atoms with Crippen LogP contribution in [0.1, 0.15) is 150 Å². The Hall–Kier alpha value is -1.32. The van der Waals surface area contributed by atoms with Crippen molar-refractivity contribution in [2.75, 3.05) is 13.2 Å². The molecule has 34 heavy (non-hydrogen) atoms. The molecule has 0 aliphatic carbocycles. The third-order valence-corrected chi connectivity index (χ3v) is 6.38. The van der Waals surface area contributed by atoms with Gasteiger partial charge in [-0.1, -0.05) is 109 Å². The Labute approximate surface area is 211 Å². The van der Waals surface area contributed by atoms with Crippen molar-refractivity contribution in [3.05, 3.63) is 11.6 Å². The van der Waals surface area contributed by atoms with Gasteiger partial charge in [0, 0.05) is 0 Å². The fraction of sp³-hybridized carbons (Fsp3) is 0.867. The summed E-state index contributed by atoms with van der Waals surface area (Å²) in [5, 5.41) is 0. The number of unbranched alkanes of at least 4 members (excludes halogenated alkanes) is 13. The van der Waals surface area contributed by atoms with E-state index in [0.717, 1.165) is 32.1 Å². The number of hydrogen-bond donors (Lipinski definition) is 0. The van der Waals surface area contributed by atoms with Crippen LogP contribution in [0.3, 0.4) is 0 Å². The fourth-order valence-electron chi connectivity index (χ4n) is 4.01. The van der Waals surface area contributed by atoms with Gasteiger partial charge in [-0.2, -0.15) is 0 Å². The van der Waals surface area contributed by atoms with E-state index < -0.39 is 0 Å². The molecule has 0 rings (SSSR count). The second-order valence-corrected chi connectivity index (χ2v) is 10.3. The minimum atomic E-state index is -0.301. The van der Waals surface area contributed by atoms with Crippen LogP contribution in [0.25, 0.3) is 0 Å². The van der Waals surface area contributed by atoms with Crippen LogP contribution in [0.4, 0.5) is 0 Å². The van der Waals surface area contributed by atoms with Gasteiger partial charge in [-0.05, 0) is 45.4 Å². The number of carbonyl (C=O) groups excluding carboxylic acids is 2. The molecule has 200 valence electrons. The van der Waals surface area contributed by atoms with Gasteiger partial charge in [0.1, 0.15) is 0 Å². The number of esters is 2. The number of ether oxygens (including phenoxy) is 2. The van der Waals surface area contributed by atoms with Crippen LogP contribution in [0.15, 0.2) is 11.6 Å². The SMILES string of the molecule is CCCCCCCCCCCCCCCCOC(=O)CCC(=O)OCCC(C)CCC=C(C)C. The summed E-state index contributed by atoms with van der Waals surface area (Å²) >= 11 is 0. The van der Waals surface area contributed by atoms with Crippen LogP contribution < -0.4 is 0 Å². The zero-order chi connectivity index (χ0) is 25.3. The molecule has 0 N–H and O–H groups in total. The maximum absolute atomic E-state index is 11.8. The van der Waals surface area contributed by atoms with Crippen molar-refractivity contribution in [1.82, 2.24) is 0 Å². The third-order valence-electron chi connectivity index (χ3n) is 6.38. The van der Waals surface area contributed by atoms with Gasteiger partial charge in [-0.25, -0.2) is 0 Å². The van der Waals surface area contributed by atoms with E-state index in [4.69, 9.17) is 9.47 Å². The van der Waals surface area contributed by atoms with Crippen LogP contribution >= 0.6 is 0 Å². The summed E-state index contributed by atoms with van der Waals surface area (Å²) in [6.07, 6.45) is 23.9. The van der Waals surface area contributed by atoms with Crippen molar-refractivity contribution in [3.63, 3.8) is 0 Å². The molecule has 1 atom stereocenters. The molecule has 4 heteroatoms. The van der Waals surface area contributed by atoms with E-state index in [9.17, 15) is 9.59 Å². The lowest BCUT2D eigenvalue weighted by atomic mass is 10.0. The van der Waals surface area contributed by atoms with Crippen molar-refractivity contribution >= 4 is 11.9 Å². The predicted molar refractivity (Wildman–Crippen MR) is 144 cm³/mol. The summed E-state index contributed by atoms with van der Waals surface area (Å²) < 4.78 is 10.5. The molecule has 0 saturated carbocycles. The molecule has 0 bridgehead atoms. The average molecular weight is 481 g/mol. The summed E-state index contributed by atoms with van der Waals surface area (Å²) in [5.41, 5.74) is 1.34. The third kappa shape index (κ3) is 25.3. The van der Waals surface area contributed by atoms with Crippen molar-refractivity contribution in [1.29, 1.82) is 0 Å². The molecule has 0 saturated heterocycles. The summed E-state index contributed by atoms with van der Waals surface area (Å²) in [5.74, 6) is -0.0647. The van der Waals surface area contributed by atoms with Crippen molar-refractivity contribution in [2.24, 2.45) is 5.92 Å². The lowest BCUT2D eigenvalue weighted by Crippen LogP contribution is -2.12. The number of carbonyl (C=O) groups is 2. The maximum atomic E-state index is 11.8. The van der Waals surface area contributed by atoms with E-state index in [1.54, 1.807) is 0 Å². The number of allylic oxidation sites excluding steroid dienone is 2. The van der Waals surface area contributed by atoms with Gasteiger partial charge in [0.2, 0.25) is 0 Å². The first-order valence-corrected chi connectivity index (χ1v) is 14.4. The first kappa shape index (κ1) is 32.7. The molecule has 1 unspecified atom stereocenters. The number of rotatable bonds is 24. The molecule has 0 spiro atoms. The zero-order valence-electron chi connectivity index (χ0n) is 23.1. The van der Waals surface area contributed by atoms with Crippen LogP contribution in [-0.2, 0) is 19.1 Å². The lowest BCUT2D eigenvalue weighted by Gasteiger charge is -2.10. The predicted octanol–water partition coefficient (Wildman–Crippen LogP) is 9.11. The molecule has 0 aromatic heterocycles. The maximum Gasteiger partial charge on any atom is 0.306 e. The molecule has 0 amide bonds. The first-order chi connectivity index (χ1) is 16.5. The van der Waals surface area contributed by atoms with E-state index >= 15 is 0 Å². The highest BCUT2D eigenvalue weighted by Gasteiger charge is 2.10. The second kappa shape index (κ2) is 24.8. The Morgan fingerprint density at radius 2 is 1.09 bits per heavy atom. The molecule has 0 aromatic rings. The van der Waals surface area contributed by atoms with Gasteiger partial charge >= 0.3 is 11.9 Å². The topological polar surface area (TPSA) is 52.6 Å². The molecule has 0 aliphatic rings. The quantitative estimate of drug-likeness (QED) is 0.0785. The molecular weight excluding hydrogens is 424 g/mol. The van der Waals surface area contributed by atoms with E-state index in [-0.39, 0.29) is 24.8 Å². The highest BCUT2D eigenvalue weighted by Crippen LogP contribution is 2.14. The molecule has 0 aliphatic heterocycles. The monoisotopic (exact) mass is 480 g/mol. The first-order valence-electron chi connectivity index (χ1n) is 14.4. The minimum Gasteiger partial charge on any atom is -0.466 e. The van der Waals surface area contributed by atoms with Gasteiger partial charge in [-0.3, -0.25) is 9.59 Å². The lowest BCUT2D eigenvalue weighted by molar-refractivity contribution is -0.150. The summed E-state index contributed by atoms with van der Waals surface area (Å²) in [6.45, 7) is 9.57. The zero-order valence-corrected chi connectivity index (χ0v) is 23.1. The van der Waals surface area contributed by atoms with Crippen molar-refractivity contribution in [3.8, 4) is 0 Å². The van der Waals surface area contributed by atoms with Gasteiger partial charge in [0.25, 0.3) is 0 Å². The summed E-state index contributed by atoms with van der Waals surface area (Å²) in [4.78, 5) is 23.6. The van der Waals surface area contributed by atoms with Crippen molar-refractivity contribution in [2.45, 2.75) is 150 Å². The molecular formula is C30H56O4. The van der Waals surface area contributed by atoms with E-state index in [1.165, 1.54) is 82.6 Å². The summed E-state index contributed by atoms with van der Waals surface area (Å²) in [6, 6.07) is 0. The van der Waals surface area contributed by atoms with Crippen LogP contribution in [0.5, 0.6) is 0 Å². The van der Waals surface area contributed by atoms with E-state index in [1.807, 2.05) is 0 Å². The smallest absolute Gasteiger partial charge is 0.306 e. The normalized spacial score (nSPS) is 11.8. The van der Waals surface area contributed by atoms with Crippen molar-refractivity contribution < 1.29 is 19.1 Å². The average Bonchev–Trinajstić information content (AvgIpc) is 2.80.